The highest BCUT2D eigenvalue weighted by atomic mass is 16.5. The molecule has 0 bridgehead atoms. The summed E-state index contributed by atoms with van der Waals surface area (Å²) in [6, 6.07) is 12.4. The smallest absolute Gasteiger partial charge is 0.140 e. The van der Waals surface area contributed by atoms with Crippen molar-refractivity contribution in [2.45, 2.75) is 104 Å². The largest absolute Gasteiger partial charge is 0.497 e. The van der Waals surface area contributed by atoms with E-state index in [1.165, 1.54) is 76.0 Å². The van der Waals surface area contributed by atoms with Crippen molar-refractivity contribution in [1.29, 1.82) is 0 Å². The zero-order valence-corrected chi connectivity index (χ0v) is 20.3. The van der Waals surface area contributed by atoms with Crippen LogP contribution >= 0.6 is 0 Å². The van der Waals surface area contributed by atoms with Crippen molar-refractivity contribution >= 4 is 16.6 Å². The van der Waals surface area contributed by atoms with Gasteiger partial charge in [-0.25, -0.2) is 0 Å². The number of carbonyl (C=O) groups excluding carboxylic acids is 1. The average molecular weight is 425 g/mol. The molecular formula is C29H44O2. The van der Waals surface area contributed by atoms with E-state index in [1.807, 2.05) is 12.1 Å². The van der Waals surface area contributed by atoms with Crippen molar-refractivity contribution < 1.29 is 9.53 Å². The SMILES string of the molecule is CCCCCCCCCCCCCC(CC)C(=O)Cc1ccc2cc(OC)ccc2c1. The number of rotatable bonds is 17. The van der Waals surface area contributed by atoms with E-state index in [1.54, 1.807) is 7.11 Å². The van der Waals surface area contributed by atoms with Crippen LogP contribution in [-0.2, 0) is 11.2 Å². The second kappa shape index (κ2) is 15.1. The molecule has 0 spiro atoms. The molecule has 1 unspecified atom stereocenters. The monoisotopic (exact) mass is 424 g/mol. The number of unbranched alkanes of at least 4 members (excludes halogenated alkanes) is 10. The van der Waals surface area contributed by atoms with E-state index in [2.05, 4.69) is 38.1 Å². The molecule has 0 saturated carbocycles. The molecule has 2 aromatic carbocycles. The zero-order chi connectivity index (χ0) is 22.3. The first-order valence-electron chi connectivity index (χ1n) is 12.8. The third kappa shape index (κ3) is 9.46. The van der Waals surface area contributed by atoms with Crippen molar-refractivity contribution in [1.82, 2.24) is 0 Å². The van der Waals surface area contributed by atoms with E-state index in [-0.39, 0.29) is 5.92 Å². The minimum Gasteiger partial charge on any atom is -0.497 e. The molecule has 0 saturated heterocycles. The summed E-state index contributed by atoms with van der Waals surface area (Å²) < 4.78 is 5.30. The second-order valence-corrected chi connectivity index (χ2v) is 9.12. The Balaban J connectivity index is 1.66. The lowest BCUT2D eigenvalue weighted by atomic mass is 9.90. The number of ether oxygens (including phenoxy) is 1. The number of hydrogen-bond donors (Lipinski definition) is 0. The Morgan fingerprint density at radius 1 is 0.774 bits per heavy atom. The molecule has 0 aliphatic carbocycles. The summed E-state index contributed by atoms with van der Waals surface area (Å²) in [5.74, 6) is 1.49. The maximum atomic E-state index is 12.9. The highest BCUT2D eigenvalue weighted by Crippen LogP contribution is 2.24. The van der Waals surface area contributed by atoms with Gasteiger partial charge in [0.15, 0.2) is 0 Å². The first-order chi connectivity index (χ1) is 15.2. The summed E-state index contributed by atoms with van der Waals surface area (Å²) in [5.41, 5.74) is 1.13. The van der Waals surface area contributed by atoms with Gasteiger partial charge in [-0.1, -0.05) is 109 Å². The zero-order valence-electron chi connectivity index (χ0n) is 20.3. The third-order valence-corrected chi connectivity index (χ3v) is 6.59. The van der Waals surface area contributed by atoms with Gasteiger partial charge in [-0.2, -0.15) is 0 Å². The molecule has 0 heterocycles. The maximum Gasteiger partial charge on any atom is 0.140 e. The molecule has 0 aromatic heterocycles. The van der Waals surface area contributed by atoms with Gasteiger partial charge in [-0.3, -0.25) is 4.79 Å². The minimum absolute atomic E-state index is 0.213. The predicted molar refractivity (Wildman–Crippen MR) is 134 cm³/mol. The molecule has 0 aliphatic rings. The molecule has 31 heavy (non-hydrogen) atoms. The topological polar surface area (TPSA) is 26.3 Å². The van der Waals surface area contributed by atoms with Crippen LogP contribution in [0.2, 0.25) is 0 Å². The van der Waals surface area contributed by atoms with Gasteiger partial charge in [0.05, 0.1) is 7.11 Å². The van der Waals surface area contributed by atoms with Gasteiger partial charge >= 0.3 is 0 Å². The molecule has 1 atom stereocenters. The van der Waals surface area contributed by atoms with Crippen LogP contribution in [0, 0.1) is 5.92 Å². The third-order valence-electron chi connectivity index (χ3n) is 6.59. The van der Waals surface area contributed by atoms with E-state index < -0.39 is 0 Å². The predicted octanol–water partition coefficient (Wildman–Crippen LogP) is 8.69. The van der Waals surface area contributed by atoms with Crippen LogP contribution in [0.3, 0.4) is 0 Å². The fraction of sp³-hybridized carbons (Fsp3) is 0.621. The normalized spacial score (nSPS) is 12.2. The van der Waals surface area contributed by atoms with Crippen LogP contribution in [0.25, 0.3) is 10.8 Å². The van der Waals surface area contributed by atoms with Crippen LogP contribution in [0.1, 0.15) is 103 Å². The molecule has 0 fully saturated rings. The Labute approximate surface area is 190 Å². The lowest BCUT2D eigenvalue weighted by molar-refractivity contribution is -0.122. The van der Waals surface area contributed by atoms with Gasteiger partial charge in [0.25, 0.3) is 0 Å². The standard InChI is InChI=1S/C29H44O2/c1-4-6-7-8-9-10-11-12-13-14-15-16-25(5-2)29(30)22-24-17-18-27-23-28(31-3)20-19-26(27)21-24/h17-21,23,25H,4-16,22H2,1-3H3. The summed E-state index contributed by atoms with van der Waals surface area (Å²) in [6.45, 7) is 4.44. The van der Waals surface area contributed by atoms with Gasteiger partial charge in [-0.15, -0.1) is 0 Å². The highest BCUT2D eigenvalue weighted by molar-refractivity contribution is 5.87. The van der Waals surface area contributed by atoms with Gasteiger partial charge in [-0.05, 0) is 41.3 Å². The lowest BCUT2D eigenvalue weighted by Gasteiger charge is -2.14. The van der Waals surface area contributed by atoms with Crippen molar-refractivity contribution in [2.75, 3.05) is 7.11 Å². The fourth-order valence-electron chi connectivity index (χ4n) is 4.50. The molecule has 172 valence electrons. The summed E-state index contributed by atoms with van der Waals surface area (Å²) in [5, 5.41) is 2.33. The van der Waals surface area contributed by atoms with Gasteiger partial charge in [0, 0.05) is 12.3 Å². The second-order valence-electron chi connectivity index (χ2n) is 9.12. The molecular weight excluding hydrogens is 380 g/mol. The van der Waals surface area contributed by atoms with E-state index >= 15 is 0 Å². The first kappa shape index (κ1) is 25.4. The Morgan fingerprint density at radius 3 is 1.97 bits per heavy atom. The summed E-state index contributed by atoms with van der Waals surface area (Å²) in [6.07, 6.45) is 17.5. The number of benzene rings is 2. The molecule has 2 nitrogen and oxygen atoms in total. The maximum absolute atomic E-state index is 12.9. The first-order valence-corrected chi connectivity index (χ1v) is 12.8. The van der Waals surface area contributed by atoms with Crippen LogP contribution < -0.4 is 4.74 Å². The van der Waals surface area contributed by atoms with Crippen molar-refractivity contribution in [2.24, 2.45) is 5.92 Å². The molecule has 0 aliphatic heterocycles. The molecule has 2 heteroatoms. The number of carbonyl (C=O) groups is 1. The van der Waals surface area contributed by atoms with Crippen LogP contribution in [0.4, 0.5) is 0 Å². The number of methoxy groups -OCH3 is 1. The van der Waals surface area contributed by atoms with Crippen molar-refractivity contribution in [3.63, 3.8) is 0 Å². The number of Topliss-reactive ketones (excluding diaryl/α,β-unsaturated/α-hetero) is 1. The van der Waals surface area contributed by atoms with E-state index in [0.29, 0.717) is 12.2 Å². The highest BCUT2D eigenvalue weighted by Gasteiger charge is 2.16. The number of ketones is 1. The molecule has 0 N–H and O–H groups in total. The van der Waals surface area contributed by atoms with E-state index in [0.717, 1.165) is 29.5 Å². The number of hydrogen-bond acceptors (Lipinski definition) is 2. The number of fused-ring (bicyclic) bond motifs is 1. The average Bonchev–Trinajstić information content (AvgIpc) is 2.79. The summed E-state index contributed by atoms with van der Waals surface area (Å²) >= 11 is 0. The molecule has 0 radical (unpaired) electrons. The Morgan fingerprint density at radius 2 is 1.35 bits per heavy atom. The molecule has 2 rings (SSSR count). The van der Waals surface area contributed by atoms with Crippen LogP contribution in [-0.4, -0.2) is 12.9 Å². The minimum atomic E-state index is 0.213. The lowest BCUT2D eigenvalue weighted by Crippen LogP contribution is -2.16. The van der Waals surface area contributed by atoms with E-state index in [4.69, 9.17) is 4.74 Å². The van der Waals surface area contributed by atoms with Gasteiger partial charge in [0.2, 0.25) is 0 Å². The molecule has 2 aromatic rings. The van der Waals surface area contributed by atoms with E-state index in [9.17, 15) is 4.79 Å². The molecule has 0 amide bonds. The quantitative estimate of drug-likeness (QED) is 0.237. The van der Waals surface area contributed by atoms with Gasteiger partial charge in [0.1, 0.15) is 11.5 Å². The summed E-state index contributed by atoms with van der Waals surface area (Å²) in [7, 11) is 1.69. The Kier molecular flexibility index (Phi) is 12.3. The van der Waals surface area contributed by atoms with Gasteiger partial charge < -0.3 is 4.74 Å². The van der Waals surface area contributed by atoms with Crippen molar-refractivity contribution in [3.8, 4) is 5.75 Å². The van der Waals surface area contributed by atoms with Crippen molar-refractivity contribution in [3.05, 3.63) is 42.0 Å². The Hall–Kier alpha value is -1.83. The Bertz CT molecular complexity index is 764. The van der Waals surface area contributed by atoms with Crippen LogP contribution in [0.5, 0.6) is 5.75 Å². The fourth-order valence-corrected chi connectivity index (χ4v) is 4.50. The summed E-state index contributed by atoms with van der Waals surface area (Å²) in [4.78, 5) is 12.9. The van der Waals surface area contributed by atoms with Crippen LogP contribution in [0.15, 0.2) is 36.4 Å².